The van der Waals surface area contributed by atoms with Crippen LogP contribution in [0.25, 0.3) is 6.08 Å². The number of nitrogens with one attached hydrogen (secondary N) is 3. The zero-order chi connectivity index (χ0) is 33.2. The number of phenols is 1. The average molecular weight is 664 g/mol. The quantitative estimate of drug-likeness (QED) is 0.0842. The Morgan fingerprint density at radius 2 is 1.51 bits per heavy atom. The van der Waals surface area contributed by atoms with Crippen molar-refractivity contribution in [3.8, 4) is 11.5 Å². The maximum atomic E-state index is 13.7. The van der Waals surface area contributed by atoms with Gasteiger partial charge in [0.1, 0.15) is 22.4 Å². The molecular formula is C37H30ClN3O5S. The van der Waals surface area contributed by atoms with E-state index in [1.54, 1.807) is 78.9 Å². The summed E-state index contributed by atoms with van der Waals surface area (Å²) in [6.45, 7) is 0. The number of amides is 3. The first kappa shape index (κ1) is 32.9. The smallest absolute Gasteiger partial charge is 0.272 e. The first-order valence-electron chi connectivity index (χ1n) is 14.4. The van der Waals surface area contributed by atoms with Crippen molar-refractivity contribution < 1.29 is 24.2 Å². The molecule has 0 heterocycles. The molecule has 0 aliphatic carbocycles. The van der Waals surface area contributed by atoms with Crippen molar-refractivity contribution in [3.63, 3.8) is 0 Å². The van der Waals surface area contributed by atoms with Crippen molar-refractivity contribution in [2.24, 2.45) is 0 Å². The van der Waals surface area contributed by atoms with Crippen molar-refractivity contribution in [1.82, 2.24) is 5.32 Å². The normalized spacial score (nSPS) is 11.7. The largest absolute Gasteiger partial charge is 0.508 e. The van der Waals surface area contributed by atoms with E-state index in [0.717, 1.165) is 5.56 Å². The number of hydrogen-bond donors (Lipinski definition) is 4. The van der Waals surface area contributed by atoms with E-state index in [0.29, 0.717) is 38.2 Å². The zero-order valence-electron chi connectivity index (χ0n) is 25.1. The van der Waals surface area contributed by atoms with Gasteiger partial charge in [-0.25, -0.2) is 0 Å². The summed E-state index contributed by atoms with van der Waals surface area (Å²) in [5.74, 6) is -1.04. The number of para-hydroxylation sites is 1. The summed E-state index contributed by atoms with van der Waals surface area (Å²) in [5.41, 5.74) is 2.50. The lowest BCUT2D eigenvalue weighted by molar-refractivity contribution is -0.116. The van der Waals surface area contributed by atoms with Crippen LogP contribution in [0.2, 0.25) is 5.02 Å². The average Bonchev–Trinajstić information content (AvgIpc) is 3.09. The molecule has 0 fully saturated rings. The van der Waals surface area contributed by atoms with Crippen molar-refractivity contribution in [1.29, 1.82) is 0 Å². The van der Waals surface area contributed by atoms with Crippen molar-refractivity contribution in [2.45, 2.75) is 10.1 Å². The number of hydrogen-bond acceptors (Lipinski definition) is 6. The number of methoxy groups -OCH3 is 1. The van der Waals surface area contributed by atoms with E-state index in [9.17, 15) is 19.5 Å². The lowest BCUT2D eigenvalue weighted by Crippen LogP contribution is -2.30. The number of ether oxygens (including phenoxy) is 1. The summed E-state index contributed by atoms with van der Waals surface area (Å²) in [4.78, 5) is 41.0. The third-order valence-corrected chi connectivity index (χ3v) is 8.44. The Bertz CT molecular complexity index is 1920. The highest BCUT2D eigenvalue weighted by Crippen LogP contribution is 2.38. The zero-order valence-corrected chi connectivity index (χ0v) is 26.7. The Balaban J connectivity index is 1.41. The second-order valence-electron chi connectivity index (χ2n) is 10.2. The molecule has 236 valence electrons. The van der Waals surface area contributed by atoms with Crippen LogP contribution in [0.5, 0.6) is 11.5 Å². The molecule has 3 amide bonds. The maximum Gasteiger partial charge on any atom is 0.272 e. The number of aromatic hydroxyl groups is 1. The van der Waals surface area contributed by atoms with Crippen molar-refractivity contribution in [2.75, 3.05) is 17.7 Å². The van der Waals surface area contributed by atoms with Gasteiger partial charge in [0.15, 0.2) is 0 Å². The summed E-state index contributed by atoms with van der Waals surface area (Å²) >= 11 is 7.62. The molecular weight excluding hydrogens is 634 g/mol. The Morgan fingerprint density at radius 1 is 0.809 bits per heavy atom. The van der Waals surface area contributed by atoms with Gasteiger partial charge < -0.3 is 25.8 Å². The second kappa shape index (κ2) is 15.7. The lowest BCUT2D eigenvalue weighted by atomic mass is 10.1. The van der Waals surface area contributed by atoms with Gasteiger partial charge >= 0.3 is 0 Å². The molecule has 4 N–H and O–H groups in total. The topological polar surface area (TPSA) is 117 Å². The third-order valence-electron chi connectivity index (χ3n) is 6.86. The summed E-state index contributed by atoms with van der Waals surface area (Å²) < 4.78 is 5.38. The molecule has 0 saturated heterocycles. The summed E-state index contributed by atoms with van der Waals surface area (Å²) in [6.07, 6.45) is 1.47. The van der Waals surface area contributed by atoms with Crippen LogP contribution in [0.3, 0.4) is 0 Å². The van der Waals surface area contributed by atoms with Gasteiger partial charge in [0.2, 0.25) is 5.91 Å². The van der Waals surface area contributed by atoms with Gasteiger partial charge in [0, 0.05) is 27.8 Å². The predicted molar refractivity (Wildman–Crippen MR) is 187 cm³/mol. The van der Waals surface area contributed by atoms with Crippen LogP contribution in [0.15, 0.2) is 138 Å². The molecule has 10 heteroatoms. The maximum absolute atomic E-state index is 13.7. The highest BCUT2D eigenvalue weighted by molar-refractivity contribution is 8.00. The van der Waals surface area contributed by atoms with Gasteiger partial charge in [-0.1, -0.05) is 78.3 Å². The Morgan fingerprint density at radius 3 is 2.23 bits per heavy atom. The molecule has 0 aromatic heterocycles. The summed E-state index contributed by atoms with van der Waals surface area (Å²) in [7, 11) is 1.44. The molecule has 1 unspecified atom stereocenters. The van der Waals surface area contributed by atoms with E-state index in [-0.39, 0.29) is 17.4 Å². The number of carbonyl (C=O) groups excluding carboxylic acids is 3. The number of halogens is 1. The fourth-order valence-corrected chi connectivity index (χ4v) is 5.83. The fraction of sp³-hybridized carbons (Fsp3) is 0.0541. The monoisotopic (exact) mass is 663 g/mol. The van der Waals surface area contributed by atoms with Gasteiger partial charge in [-0.2, -0.15) is 0 Å². The van der Waals surface area contributed by atoms with E-state index in [2.05, 4.69) is 16.0 Å². The SMILES string of the molecule is COc1cc(O)ccc1/C=C(/NC(=O)c1ccccc1)C(=O)Nc1cccc(SC(C(=O)Nc2ccccc2Cl)c2ccccc2)c1. The molecule has 0 aliphatic rings. The van der Waals surface area contributed by atoms with Gasteiger partial charge in [-0.15, -0.1) is 11.8 Å². The summed E-state index contributed by atoms with van der Waals surface area (Å²) in [6, 6.07) is 36.4. The van der Waals surface area contributed by atoms with Gasteiger partial charge in [0.05, 0.1) is 17.8 Å². The lowest BCUT2D eigenvalue weighted by Gasteiger charge is -2.18. The first-order chi connectivity index (χ1) is 22.8. The van der Waals surface area contributed by atoms with E-state index in [1.165, 1.54) is 37.1 Å². The molecule has 5 aromatic rings. The fourth-order valence-electron chi connectivity index (χ4n) is 4.56. The van der Waals surface area contributed by atoms with Crippen LogP contribution in [0.4, 0.5) is 11.4 Å². The van der Waals surface area contributed by atoms with E-state index in [1.807, 2.05) is 36.4 Å². The number of anilines is 2. The van der Waals surface area contributed by atoms with Crippen LogP contribution in [-0.2, 0) is 9.59 Å². The molecule has 5 rings (SSSR count). The molecule has 0 radical (unpaired) electrons. The van der Waals surface area contributed by atoms with Crippen LogP contribution >= 0.6 is 23.4 Å². The van der Waals surface area contributed by atoms with Crippen LogP contribution in [0, 0.1) is 0 Å². The molecule has 0 saturated carbocycles. The minimum atomic E-state index is -0.638. The van der Waals surface area contributed by atoms with Crippen LogP contribution in [-0.4, -0.2) is 29.9 Å². The molecule has 8 nitrogen and oxygen atoms in total. The predicted octanol–water partition coefficient (Wildman–Crippen LogP) is 7.94. The van der Waals surface area contributed by atoms with E-state index >= 15 is 0 Å². The second-order valence-corrected chi connectivity index (χ2v) is 11.7. The summed E-state index contributed by atoms with van der Waals surface area (Å²) in [5, 5.41) is 18.2. The van der Waals surface area contributed by atoms with Crippen LogP contribution < -0.4 is 20.7 Å². The molecule has 0 spiro atoms. The first-order valence-corrected chi connectivity index (χ1v) is 15.7. The Kier molecular flexibility index (Phi) is 11.0. The van der Waals surface area contributed by atoms with Gasteiger partial charge in [0.25, 0.3) is 11.8 Å². The number of rotatable bonds is 11. The van der Waals surface area contributed by atoms with Crippen molar-refractivity contribution >= 4 is 58.5 Å². The van der Waals surface area contributed by atoms with E-state index < -0.39 is 17.1 Å². The number of thioether (sulfide) groups is 1. The van der Waals surface area contributed by atoms with Crippen molar-refractivity contribution in [3.05, 3.63) is 155 Å². The standard InChI is InChI=1S/C37H30ClN3O5S/c1-46-33-23-28(42)20-19-26(33)21-32(41-35(43)25-13-6-3-7-14-25)36(44)39-27-15-10-16-29(22-27)47-34(24-11-4-2-5-12-24)37(45)40-31-18-9-8-17-30(31)38/h2-23,34,42H,1H3,(H,39,44)(H,40,45)(H,41,43)/b32-21+. The molecule has 5 aromatic carbocycles. The number of phenolic OH excluding ortho intramolecular Hbond substituents is 1. The highest BCUT2D eigenvalue weighted by atomic mass is 35.5. The third kappa shape index (κ3) is 8.82. The molecule has 0 bridgehead atoms. The number of carbonyl (C=O) groups is 3. The van der Waals surface area contributed by atoms with Gasteiger partial charge in [-0.05, 0) is 66.2 Å². The molecule has 47 heavy (non-hydrogen) atoms. The van der Waals surface area contributed by atoms with Crippen LogP contribution in [0.1, 0.15) is 26.7 Å². The minimum Gasteiger partial charge on any atom is -0.508 e. The molecule has 0 aliphatic heterocycles. The highest BCUT2D eigenvalue weighted by Gasteiger charge is 2.23. The van der Waals surface area contributed by atoms with E-state index in [4.69, 9.17) is 16.3 Å². The number of benzene rings is 5. The minimum absolute atomic E-state index is 0.0120. The van der Waals surface area contributed by atoms with Gasteiger partial charge in [-0.3, -0.25) is 14.4 Å². The molecule has 1 atom stereocenters. The Hall–Kier alpha value is -5.51. The Labute approximate surface area is 281 Å².